The number of allylic oxidation sites excluding steroid dienone is 4. The second-order valence-corrected chi connectivity index (χ2v) is 18.1. The van der Waals surface area contributed by atoms with Crippen molar-refractivity contribution in [1.29, 1.82) is 0 Å². The van der Waals surface area contributed by atoms with Gasteiger partial charge in [-0.2, -0.15) is 0 Å². The molecule has 292 valence electrons. The Hall–Kier alpha value is -0.560. The molecule has 8 unspecified atom stereocenters. The Bertz CT molecular complexity index is 849. The van der Waals surface area contributed by atoms with E-state index in [0.29, 0.717) is 0 Å². The lowest BCUT2D eigenvalue weighted by Gasteiger charge is -2.47. The molecule has 0 radical (unpaired) electrons. The highest BCUT2D eigenvalue weighted by atomic mass is 15.1. The van der Waals surface area contributed by atoms with Gasteiger partial charge in [-0.15, -0.1) is 0 Å². The van der Waals surface area contributed by atoms with Gasteiger partial charge in [0.25, 0.3) is 0 Å². The summed E-state index contributed by atoms with van der Waals surface area (Å²) in [6, 6.07) is 0. The molecule has 5 rings (SSSR count). The summed E-state index contributed by atoms with van der Waals surface area (Å²) in [5.41, 5.74) is 0. The molecular formula is C49H91N. The minimum Gasteiger partial charge on any atom is -0.303 e. The Morgan fingerprint density at radius 1 is 0.660 bits per heavy atom. The van der Waals surface area contributed by atoms with Crippen LogP contribution in [-0.4, -0.2) is 24.5 Å². The largest absolute Gasteiger partial charge is 0.303 e. The lowest BCUT2D eigenvalue weighted by Crippen LogP contribution is -2.38. The average molecular weight is 694 g/mol. The van der Waals surface area contributed by atoms with E-state index >= 15 is 0 Å². The molecule has 1 saturated heterocycles. The zero-order valence-electron chi connectivity index (χ0n) is 35.2. The molecule has 3 saturated carbocycles. The van der Waals surface area contributed by atoms with E-state index in [2.05, 4.69) is 70.7 Å². The van der Waals surface area contributed by atoms with Gasteiger partial charge in [0, 0.05) is 0 Å². The molecule has 4 aliphatic carbocycles. The van der Waals surface area contributed by atoms with Crippen molar-refractivity contribution >= 4 is 0 Å². The fourth-order valence-corrected chi connectivity index (χ4v) is 11.5. The van der Waals surface area contributed by atoms with Crippen LogP contribution in [0.15, 0.2) is 24.3 Å². The first-order valence-electron chi connectivity index (χ1n) is 23.6. The minimum atomic E-state index is 0.923. The quantitative estimate of drug-likeness (QED) is 0.122. The van der Waals surface area contributed by atoms with Crippen LogP contribution in [0, 0.1) is 53.3 Å². The summed E-state index contributed by atoms with van der Waals surface area (Å²) in [5, 5.41) is 0. The number of hydrogen-bond donors (Lipinski definition) is 0. The Balaban J connectivity index is 0.000000236. The normalized spacial score (nSPS) is 31.8. The van der Waals surface area contributed by atoms with Crippen LogP contribution >= 0.6 is 0 Å². The van der Waals surface area contributed by atoms with Crippen molar-refractivity contribution in [2.24, 2.45) is 53.3 Å². The predicted molar refractivity (Wildman–Crippen MR) is 225 cm³/mol. The molecular weight excluding hydrogens is 603 g/mol. The number of likely N-dealkylation sites (tertiary alicyclic amines) is 1. The van der Waals surface area contributed by atoms with Crippen LogP contribution in [0.2, 0.25) is 0 Å². The first-order chi connectivity index (χ1) is 24.6. The second kappa shape index (κ2) is 27.1. The van der Waals surface area contributed by atoms with Crippen molar-refractivity contribution in [2.45, 2.75) is 215 Å². The van der Waals surface area contributed by atoms with Gasteiger partial charge < -0.3 is 4.90 Å². The van der Waals surface area contributed by atoms with E-state index in [4.69, 9.17) is 0 Å². The third-order valence-electron chi connectivity index (χ3n) is 14.4. The fourth-order valence-electron chi connectivity index (χ4n) is 11.5. The lowest BCUT2D eigenvalue weighted by molar-refractivity contribution is 0.0349. The van der Waals surface area contributed by atoms with Gasteiger partial charge in [-0.3, -0.25) is 0 Å². The van der Waals surface area contributed by atoms with Crippen LogP contribution in [0.5, 0.6) is 0 Å². The Morgan fingerprint density at radius 2 is 1.40 bits per heavy atom. The maximum absolute atomic E-state index is 2.72. The SMILES string of the molecule is CC/C=C\CCC.CCCCC(C1CCCCC1CC)C1CCCCC1C1C=CCCC1.CCCCCN1CCC(C2CCCC(C)C2)CC1. The zero-order valence-corrected chi connectivity index (χ0v) is 35.2. The zero-order chi connectivity index (χ0) is 35.8. The van der Waals surface area contributed by atoms with Crippen LogP contribution in [0.3, 0.4) is 0 Å². The molecule has 1 nitrogen and oxygen atoms in total. The highest BCUT2D eigenvalue weighted by Crippen LogP contribution is 2.50. The van der Waals surface area contributed by atoms with E-state index in [1.807, 2.05) is 0 Å². The van der Waals surface area contributed by atoms with Crippen molar-refractivity contribution in [1.82, 2.24) is 4.90 Å². The lowest BCUT2D eigenvalue weighted by atomic mass is 9.58. The van der Waals surface area contributed by atoms with Crippen LogP contribution in [-0.2, 0) is 0 Å². The van der Waals surface area contributed by atoms with E-state index in [0.717, 1.165) is 53.3 Å². The summed E-state index contributed by atoms with van der Waals surface area (Å²) in [6.45, 7) is 18.1. The third kappa shape index (κ3) is 15.8. The summed E-state index contributed by atoms with van der Waals surface area (Å²) in [6.07, 6.45) is 48.9. The molecule has 1 aliphatic heterocycles. The van der Waals surface area contributed by atoms with Gasteiger partial charge in [0.15, 0.2) is 0 Å². The van der Waals surface area contributed by atoms with Gasteiger partial charge in [0.1, 0.15) is 0 Å². The van der Waals surface area contributed by atoms with Gasteiger partial charge in [0.05, 0.1) is 0 Å². The molecule has 50 heavy (non-hydrogen) atoms. The molecule has 0 bridgehead atoms. The molecule has 0 spiro atoms. The molecule has 0 amide bonds. The van der Waals surface area contributed by atoms with Gasteiger partial charge in [-0.25, -0.2) is 0 Å². The number of hydrogen-bond acceptors (Lipinski definition) is 1. The molecule has 0 aromatic heterocycles. The summed E-state index contributed by atoms with van der Waals surface area (Å²) < 4.78 is 0. The smallest absolute Gasteiger partial charge is 0.00160 e. The fraction of sp³-hybridized carbons (Fsp3) is 0.918. The second-order valence-electron chi connectivity index (χ2n) is 18.1. The van der Waals surface area contributed by atoms with E-state index in [1.165, 1.54) is 180 Å². The van der Waals surface area contributed by atoms with Crippen molar-refractivity contribution in [3.63, 3.8) is 0 Å². The maximum Gasteiger partial charge on any atom is -0.00160 e. The van der Waals surface area contributed by atoms with Crippen molar-refractivity contribution in [3.8, 4) is 0 Å². The van der Waals surface area contributed by atoms with Crippen molar-refractivity contribution in [2.75, 3.05) is 19.6 Å². The van der Waals surface area contributed by atoms with Gasteiger partial charge in [0.2, 0.25) is 0 Å². The summed E-state index contributed by atoms with van der Waals surface area (Å²) in [4.78, 5) is 2.72. The molecule has 5 aliphatic rings. The van der Waals surface area contributed by atoms with E-state index < -0.39 is 0 Å². The summed E-state index contributed by atoms with van der Waals surface area (Å²) in [5.74, 6) is 9.28. The number of rotatable bonds is 15. The monoisotopic (exact) mass is 694 g/mol. The van der Waals surface area contributed by atoms with Crippen LogP contribution in [0.1, 0.15) is 215 Å². The standard InChI is InChI=1S/C25H44.C17H33N.C7H14/c1-3-5-16-24(22-17-10-9-13-20(22)4-2)25-19-12-11-18-23(25)21-14-7-6-8-15-21;1-3-4-5-11-18-12-9-16(10-13-18)17-8-6-7-15(2)14-17;1-3-5-7-6-4-2/h7,14,20-25H,3-6,8-13,15-19H2,1-2H3;15-17H,3-14H2,1-2H3;5,7H,3-4,6H2,1-2H3/b;;7-5-. The number of nitrogens with zero attached hydrogens (tertiary/aromatic N) is 1. The van der Waals surface area contributed by atoms with E-state index in [-0.39, 0.29) is 0 Å². The first-order valence-corrected chi connectivity index (χ1v) is 23.6. The number of unbranched alkanes of at least 4 members (excludes halogenated alkanes) is 4. The van der Waals surface area contributed by atoms with Crippen molar-refractivity contribution < 1.29 is 0 Å². The van der Waals surface area contributed by atoms with Gasteiger partial charge in [-0.1, -0.05) is 156 Å². The van der Waals surface area contributed by atoms with Crippen LogP contribution < -0.4 is 0 Å². The molecule has 0 aromatic carbocycles. The molecule has 1 heterocycles. The molecule has 0 aromatic rings. The minimum absolute atomic E-state index is 0.923. The predicted octanol–water partition coefficient (Wildman–Crippen LogP) is 15.6. The summed E-state index contributed by atoms with van der Waals surface area (Å²) >= 11 is 0. The Kier molecular flexibility index (Phi) is 23.8. The van der Waals surface area contributed by atoms with Crippen LogP contribution in [0.25, 0.3) is 0 Å². The average Bonchev–Trinajstić information content (AvgIpc) is 3.17. The van der Waals surface area contributed by atoms with Crippen LogP contribution in [0.4, 0.5) is 0 Å². The highest BCUT2D eigenvalue weighted by Gasteiger charge is 2.41. The third-order valence-corrected chi connectivity index (χ3v) is 14.4. The molecule has 8 atom stereocenters. The maximum atomic E-state index is 2.72. The van der Waals surface area contributed by atoms with E-state index in [1.54, 1.807) is 12.8 Å². The van der Waals surface area contributed by atoms with Gasteiger partial charge >= 0.3 is 0 Å². The number of piperidine rings is 1. The Morgan fingerprint density at radius 3 is 2.06 bits per heavy atom. The summed E-state index contributed by atoms with van der Waals surface area (Å²) in [7, 11) is 0. The van der Waals surface area contributed by atoms with Crippen molar-refractivity contribution in [3.05, 3.63) is 24.3 Å². The molecule has 0 N–H and O–H groups in total. The highest BCUT2D eigenvalue weighted by molar-refractivity contribution is 5.00. The first kappa shape index (κ1) is 43.8. The molecule has 1 heteroatoms. The van der Waals surface area contributed by atoms with E-state index in [9.17, 15) is 0 Å². The van der Waals surface area contributed by atoms with Gasteiger partial charge in [-0.05, 0) is 156 Å². The Labute approximate surface area is 316 Å². The topological polar surface area (TPSA) is 3.24 Å². The molecule has 4 fully saturated rings.